The summed E-state index contributed by atoms with van der Waals surface area (Å²) in [6.07, 6.45) is 0.899. The lowest BCUT2D eigenvalue weighted by Gasteiger charge is -2.39. The minimum Gasteiger partial charge on any atom is -0.494 e. The fourth-order valence-corrected chi connectivity index (χ4v) is 4.57. The summed E-state index contributed by atoms with van der Waals surface area (Å²) in [6.45, 7) is 6.00. The topological polar surface area (TPSA) is 132 Å². The fourth-order valence-electron chi connectivity index (χ4n) is 4.57. The van der Waals surface area contributed by atoms with Gasteiger partial charge < -0.3 is 19.3 Å². The van der Waals surface area contributed by atoms with Crippen LogP contribution >= 0.6 is 0 Å². The molecular weight excluding hydrogens is 516 g/mol. The van der Waals surface area contributed by atoms with E-state index < -0.39 is 35.0 Å². The van der Waals surface area contributed by atoms with Gasteiger partial charge in [0.15, 0.2) is 0 Å². The maximum atomic E-state index is 13.1. The van der Waals surface area contributed by atoms with E-state index in [2.05, 4.69) is 4.99 Å². The van der Waals surface area contributed by atoms with Crippen LogP contribution in [0, 0.1) is 16.0 Å². The molecule has 2 aromatic carbocycles. The molecule has 0 spiro atoms. The van der Waals surface area contributed by atoms with Crippen LogP contribution in [0.5, 0.6) is 5.75 Å². The number of non-ortho nitro benzene ring substituents is 1. The lowest BCUT2D eigenvalue weighted by atomic mass is 9.86. The van der Waals surface area contributed by atoms with E-state index in [-0.39, 0.29) is 23.9 Å². The van der Waals surface area contributed by atoms with E-state index in [0.717, 1.165) is 5.75 Å². The van der Waals surface area contributed by atoms with Gasteiger partial charge in [-0.15, -0.1) is 0 Å². The van der Waals surface area contributed by atoms with E-state index in [1.165, 1.54) is 23.1 Å². The second-order valence-corrected chi connectivity index (χ2v) is 9.92. The predicted octanol–water partition coefficient (Wildman–Crippen LogP) is 4.81. The Morgan fingerprint density at radius 1 is 1.12 bits per heavy atom. The zero-order valence-corrected chi connectivity index (χ0v) is 23.3. The van der Waals surface area contributed by atoms with E-state index >= 15 is 0 Å². The molecule has 0 saturated heterocycles. The van der Waals surface area contributed by atoms with Crippen molar-refractivity contribution >= 4 is 29.3 Å². The number of nitro groups is 1. The maximum Gasteiger partial charge on any atom is 0.344 e. The number of amides is 3. The highest BCUT2D eigenvalue weighted by molar-refractivity contribution is 6.08. The predicted molar refractivity (Wildman–Crippen MR) is 149 cm³/mol. The molecule has 1 heterocycles. The van der Waals surface area contributed by atoms with Gasteiger partial charge >= 0.3 is 12.0 Å². The van der Waals surface area contributed by atoms with Crippen molar-refractivity contribution in [1.29, 1.82) is 0 Å². The number of esters is 1. The molecule has 214 valence electrons. The summed E-state index contributed by atoms with van der Waals surface area (Å²) in [7, 11) is 1.70. The summed E-state index contributed by atoms with van der Waals surface area (Å²) in [6, 6.07) is 13.9. The summed E-state index contributed by atoms with van der Waals surface area (Å²) in [5, 5.41) is 11.4. The Morgan fingerprint density at radius 3 is 2.52 bits per heavy atom. The van der Waals surface area contributed by atoms with Crippen molar-refractivity contribution < 1.29 is 28.8 Å². The molecular formula is C29H36N4O7. The highest BCUT2D eigenvalue weighted by Crippen LogP contribution is 2.36. The van der Waals surface area contributed by atoms with Gasteiger partial charge in [0.05, 0.1) is 23.7 Å². The summed E-state index contributed by atoms with van der Waals surface area (Å²) >= 11 is 0. The first-order valence-electron chi connectivity index (χ1n) is 13.3. The summed E-state index contributed by atoms with van der Waals surface area (Å²) in [5.41, 5.74) is 0.571. The van der Waals surface area contributed by atoms with Crippen LogP contribution in [0.4, 0.5) is 10.5 Å². The van der Waals surface area contributed by atoms with Crippen molar-refractivity contribution in [2.45, 2.75) is 52.2 Å². The summed E-state index contributed by atoms with van der Waals surface area (Å²) < 4.78 is 11.1. The molecule has 11 heteroatoms. The monoisotopic (exact) mass is 552 g/mol. The van der Waals surface area contributed by atoms with Crippen molar-refractivity contribution in [3.05, 3.63) is 70.3 Å². The molecule has 0 bridgehead atoms. The number of hydrogen-bond acceptors (Lipinski definition) is 7. The number of para-hydroxylation sites is 1. The molecule has 2 aromatic rings. The fraction of sp³-hybridized carbons (Fsp3) is 0.448. The van der Waals surface area contributed by atoms with Gasteiger partial charge in [-0.25, -0.2) is 9.79 Å². The molecule has 1 aliphatic rings. The highest BCUT2D eigenvalue weighted by atomic mass is 16.6. The number of aliphatic imine (C=N–C) groups is 1. The second kappa shape index (κ2) is 14.2. The number of nitrogens with zero attached hydrogens (tertiary/aromatic N) is 4. The first-order valence-corrected chi connectivity index (χ1v) is 13.3. The van der Waals surface area contributed by atoms with Gasteiger partial charge in [-0.2, -0.15) is 0 Å². The smallest absolute Gasteiger partial charge is 0.344 e. The third kappa shape index (κ3) is 8.11. The summed E-state index contributed by atoms with van der Waals surface area (Å²) in [5.74, 6) is -0.785. The Morgan fingerprint density at radius 2 is 1.85 bits per heavy atom. The van der Waals surface area contributed by atoms with E-state index in [0.29, 0.717) is 38.0 Å². The van der Waals surface area contributed by atoms with E-state index in [1.54, 1.807) is 38.8 Å². The van der Waals surface area contributed by atoms with Crippen LogP contribution in [0.1, 0.15) is 51.6 Å². The highest BCUT2D eigenvalue weighted by Gasteiger charge is 2.43. The second-order valence-electron chi connectivity index (χ2n) is 9.92. The average molecular weight is 553 g/mol. The van der Waals surface area contributed by atoms with E-state index in [9.17, 15) is 24.5 Å². The number of hydrogen-bond donors (Lipinski definition) is 0. The largest absolute Gasteiger partial charge is 0.494 e. The number of nitro benzene ring substituents is 1. The van der Waals surface area contributed by atoms with Gasteiger partial charge in [0.25, 0.3) is 5.69 Å². The maximum absolute atomic E-state index is 13.1. The van der Waals surface area contributed by atoms with Gasteiger partial charge in [0, 0.05) is 44.4 Å². The zero-order chi connectivity index (χ0) is 29.2. The van der Waals surface area contributed by atoms with Crippen LogP contribution in [-0.2, 0) is 14.3 Å². The number of urea groups is 1. The van der Waals surface area contributed by atoms with Crippen LogP contribution in [0.2, 0.25) is 0 Å². The molecule has 1 aliphatic heterocycles. The molecule has 0 radical (unpaired) electrons. The number of ether oxygens (including phenoxy) is 2. The van der Waals surface area contributed by atoms with Gasteiger partial charge in [-0.3, -0.25) is 19.7 Å². The van der Waals surface area contributed by atoms with Crippen molar-refractivity contribution in [2.24, 2.45) is 10.9 Å². The Labute approximate surface area is 233 Å². The average Bonchev–Trinajstić information content (AvgIpc) is 2.91. The molecule has 0 saturated carbocycles. The van der Waals surface area contributed by atoms with Crippen molar-refractivity contribution in [2.75, 3.05) is 26.7 Å². The third-order valence-corrected chi connectivity index (χ3v) is 6.51. The summed E-state index contributed by atoms with van der Waals surface area (Å²) in [4.78, 5) is 56.8. The lowest BCUT2D eigenvalue weighted by Crippen LogP contribution is -2.48. The van der Waals surface area contributed by atoms with Gasteiger partial charge in [0.1, 0.15) is 11.7 Å². The molecule has 40 heavy (non-hydrogen) atoms. The van der Waals surface area contributed by atoms with Crippen LogP contribution in [0.25, 0.3) is 0 Å². The van der Waals surface area contributed by atoms with Crippen LogP contribution in [0.3, 0.4) is 0 Å². The molecule has 0 N–H and O–H groups in total. The standard InChI is InChI=1S/C29H36N4O7/c1-20(2)40-28(35)26-21(3)30-29(36)32(27(26)22-11-8-12-23(19-22)33(37)38)17-10-16-31(4)25(34)15-9-18-39-24-13-6-5-7-14-24/h5-8,11-14,19-20,26-27H,9-10,15-18H2,1-4H3. The Hall–Kier alpha value is -4.28. The quantitative estimate of drug-likeness (QED) is 0.151. The normalized spacial score (nSPS) is 16.9. The van der Waals surface area contributed by atoms with Crippen molar-refractivity contribution in [3.8, 4) is 5.75 Å². The van der Waals surface area contributed by atoms with Crippen LogP contribution in [0.15, 0.2) is 59.6 Å². The van der Waals surface area contributed by atoms with Crippen molar-refractivity contribution in [3.63, 3.8) is 0 Å². The minimum atomic E-state index is -0.925. The SMILES string of the molecule is CC1=NC(=O)N(CCCN(C)C(=O)CCCOc2ccccc2)C(c2cccc([N+](=O)[O-])c2)C1C(=O)OC(C)C. The molecule has 0 fully saturated rings. The van der Waals surface area contributed by atoms with Gasteiger partial charge in [0.2, 0.25) is 5.91 Å². The number of carbonyl (C=O) groups excluding carboxylic acids is 3. The Balaban J connectivity index is 1.68. The molecule has 2 atom stereocenters. The first kappa shape index (κ1) is 30.3. The lowest BCUT2D eigenvalue weighted by molar-refractivity contribution is -0.385. The van der Waals surface area contributed by atoms with Gasteiger partial charge in [-0.05, 0) is 51.3 Å². The zero-order valence-electron chi connectivity index (χ0n) is 23.3. The van der Waals surface area contributed by atoms with Crippen LogP contribution in [-0.4, -0.2) is 71.2 Å². The Kier molecular flexibility index (Phi) is 10.7. The number of carbonyl (C=O) groups is 3. The van der Waals surface area contributed by atoms with E-state index in [4.69, 9.17) is 9.47 Å². The molecule has 3 amide bonds. The Bertz CT molecular complexity index is 1230. The molecule has 0 aromatic heterocycles. The van der Waals surface area contributed by atoms with Crippen LogP contribution < -0.4 is 4.74 Å². The van der Waals surface area contributed by atoms with Crippen molar-refractivity contribution in [1.82, 2.24) is 9.80 Å². The molecule has 11 nitrogen and oxygen atoms in total. The minimum absolute atomic E-state index is 0.0517. The number of benzene rings is 2. The van der Waals surface area contributed by atoms with E-state index in [1.807, 2.05) is 30.3 Å². The van der Waals surface area contributed by atoms with Gasteiger partial charge in [-0.1, -0.05) is 30.3 Å². The molecule has 2 unspecified atom stereocenters. The molecule has 0 aliphatic carbocycles. The number of rotatable bonds is 13. The first-order chi connectivity index (χ1) is 19.1. The molecule has 3 rings (SSSR count). The third-order valence-electron chi connectivity index (χ3n) is 6.51.